The molecule has 266 valence electrons. The van der Waals surface area contributed by atoms with E-state index in [2.05, 4.69) is 9.97 Å². The molecular formula is C41H39N3O8. The van der Waals surface area contributed by atoms with Crippen LogP contribution in [0.5, 0.6) is 0 Å². The number of nitrogens with zero attached hydrogens (tertiary/aromatic N) is 2. The van der Waals surface area contributed by atoms with Crippen LogP contribution in [0.4, 0.5) is 4.79 Å². The second-order valence-corrected chi connectivity index (χ2v) is 12.0. The molecule has 11 heteroatoms. The summed E-state index contributed by atoms with van der Waals surface area (Å²) in [6.07, 6.45) is -0.436. The molecule has 0 spiro atoms. The van der Waals surface area contributed by atoms with Crippen molar-refractivity contribution in [1.29, 1.82) is 0 Å². The number of aromatic amines is 1. The summed E-state index contributed by atoms with van der Waals surface area (Å²) >= 11 is 0. The lowest BCUT2D eigenvalue weighted by molar-refractivity contribution is 0.0111. The van der Waals surface area contributed by atoms with Gasteiger partial charge in [0.25, 0.3) is 0 Å². The number of hydrogen-bond donors (Lipinski definition) is 1. The van der Waals surface area contributed by atoms with Crippen LogP contribution in [0.2, 0.25) is 0 Å². The summed E-state index contributed by atoms with van der Waals surface area (Å²) in [5, 5.41) is 4.07. The molecule has 0 aliphatic carbocycles. The number of fused-ring (bicyclic) bond motifs is 6. The molecule has 3 heterocycles. The third-order valence-electron chi connectivity index (χ3n) is 8.55. The van der Waals surface area contributed by atoms with E-state index in [1.165, 1.54) is 0 Å². The van der Waals surface area contributed by atoms with E-state index < -0.39 is 12.1 Å². The topological polar surface area (TPSA) is 123 Å². The molecule has 0 saturated heterocycles. The normalized spacial score (nSPS) is 11.5. The maximum atomic E-state index is 12.9. The highest BCUT2D eigenvalue weighted by molar-refractivity contribution is 6.14. The molecule has 1 N–H and O–H groups in total. The van der Waals surface area contributed by atoms with E-state index >= 15 is 0 Å². The van der Waals surface area contributed by atoms with Gasteiger partial charge in [-0.2, -0.15) is 0 Å². The molecule has 11 nitrogen and oxygen atoms in total. The van der Waals surface area contributed by atoms with Crippen LogP contribution in [0.25, 0.3) is 43.6 Å². The lowest BCUT2D eigenvalue weighted by Gasteiger charge is -2.09. The Morgan fingerprint density at radius 2 is 1.04 bits per heavy atom. The average molecular weight is 702 g/mol. The predicted octanol–water partition coefficient (Wildman–Crippen LogP) is 7.43. The maximum Gasteiger partial charge on any atom is 0.419 e. The van der Waals surface area contributed by atoms with Crippen molar-refractivity contribution in [3.05, 3.63) is 126 Å². The van der Waals surface area contributed by atoms with Gasteiger partial charge in [0.1, 0.15) is 13.2 Å². The monoisotopic (exact) mass is 701 g/mol. The van der Waals surface area contributed by atoms with E-state index in [-0.39, 0.29) is 26.4 Å². The van der Waals surface area contributed by atoms with Crippen LogP contribution in [0.15, 0.2) is 109 Å². The fraction of sp³-hybridized carbons (Fsp3) is 0.244. The summed E-state index contributed by atoms with van der Waals surface area (Å²) < 4.78 is 35.2. The number of benzene rings is 4. The number of carbonyl (C=O) groups is 2. The Morgan fingerprint density at radius 3 is 1.71 bits per heavy atom. The van der Waals surface area contributed by atoms with Crippen LogP contribution >= 0.6 is 0 Å². The van der Waals surface area contributed by atoms with E-state index in [0.717, 1.165) is 55.0 Å². The zero-order valence-corrected chi connectivity index (χ0v) is 28.6. The number of rotatable bonds is 17. The second kappa shape index (κ2) is 17.1. The van der Waals surface area contributed by atoms with Gasteiger partial charge in [-0.1, -0.05) is 72.8 Å². The van der Waals surface area contributed by atoms with Gasteiger partial charge in [0.15, 0.2) is 0 Å². The Hall–Kier alpha value is -5.59. The summed E-state index contributed by atoms with van der Waals surface area (Å²) in [6.45, 7) is 2.91. The number of esters is 1. The third-order valence-corrected chi connectivity index (χ3v) is 8.55. The molecule has 3 aromatic heterocycles. The molecule has 0 aliphatic heterocycles. The minimum absolute atomic E-state index is 0.130. The molecule has 0 radical (unpaired) electrons. The molecule has 52 heavy (non-hydrogen) atoms. The first-order valence-corrected chi connectivity index (χ1v) is 17.2. The van der Waals surface area contributed by atoms with Gasteiger partial charge in [-0.05, 0) is 36.4 Å². The first-order valence-electron chi connectivity index (χ1n) is 17.2. The van der Waals surface area contributed by atoms with Gasteiger partial charge < -0.3 is 33.4 Å². The first-order chi connectivity index (χ1) is 25.7. The van der Waals surface area contributed by atoms with Gasteiger partial charge in [-0.15, -0.1) is 0 Å². The number of aromatic nitrogens is 3. The van der Waals surface area contributed by atoms with Crippen LogP contribution in [0.3, 0.4) is 0 Å². The van der Waals surface area contributed by atoms with E-state index in [0.29, 0.717) is 45.2 Å². The third kappa shape index (κ3) is 8.14. The van der Waals surface area contributed by atoms with E-state index in [1.807, 2.05) is 103 Å². The SMILES string of the molecule is O=C(OCCOCCOCc1cccc(COCCOCCOC(=O)n2c3ccccc3c3ccccc32)n1)c1cccc2c1[nH]c1ccccc12. The van der Waals surface area contributed by atoms with Crippen molar-refractivity contribution in [3.63, 3.8) is 0 Å². The Balaban J connectivity index is 0.735. The van der Waals surface area contributed by atoms with Crippen molar-refractivity contribution < 1.29 is 38.0 Å². The predicted molar refractivity (Wildman–Crippen MR) is 197 cm³/mol. The highest BCUT2D eigenvalue weighted by Gasteiger charge is 2.17. The number of hydrogen-bond acceptors (Lipinski definition) is 9. The Morgan fingerprint density at radius 1 is 0.519 bits per heavy atom. The van der Waals surface area contributed by atoms with Gasteiger partial charge >= 0.3 is 12.1 Å². The fourth-order valence-electron chi connectivity index (χ4n) is 6.17. The summed E-state index contributed by atoms with van der Waals surface area (Å²) in [4.78, 5) is 33.6. The van der Waals surface area contributed by atoms with Gasteiger partial charge in [0.2, 0.25) is 0 Å². The molecule has 0 fully saturated rings. The summed E-state index contributed by atoms with van der Waals surface area (Å²) in [5.41, 5.74) is 5.42. The lowest BCUT2D eigenvalue weighted by atomic mass is 10.1. The summed E-state index contributed by atoms with van der Waals surface area (Å²) in [7, 11) is 0. The summed E-state index contributed by atoms with van der Waals surface area (Å²) in [6, 6.07) is 34.8. The van der Waals surface area contributed by atoms with E-state index in [4.69, 9.17) is 28.4 Å². The second-order valence-electron chi connectivity index (χ2n) is 12.0. The number of pyridine rings is 1. The zero-order chi connectivity index (χ0) is 35.5. The Bertz CT molecular complexity index is 2240. The standard InChI is InChI=1S/C41H39N3O8/c45-40(35-15-8-14-34-31-11-1-4-16-36(31)43-39(34)35)51-25-23-47-19-21-49-27-29-9-7-10-30(42-29)28-50-22-20-48-24-26-52-41(46)44-37-17-5-2-12-32(37)33-13-3-6-18-38(33)44/h1-18,43H,19-28H2. The van der Waals surface area contributed by atoms with Crippen LogP contribution in [0, 0.1) is 0 Å². The number of nitrogens with one attached hydrogen (secondary N) is 1. The van der Waals surface area contributed by atoms with Crippen molar-refractivity contribution in [2.24, 2.45) is 0 Å². The van der Waals surface area contributed by atoms with Crippen LogP contribution in [0.1, 0.15) is 21.7 Å². The molecule has 0 aliphatic rings. The maximum absolute atomic E-state index is 12.9. The van der Waals surface area contributed by atoms with Gasteiger partial charge in [-0.3, -0.25) is 4.98 Å². The van der Waals surface area contributed by atoms with Crippen molar-refractivity contribution in [1.82, 2.24) is 14.5 Å². The number of para-hydroxylation sites is 4. The lowest BCUT2D eigenvalue weighted by Crippen LogP contribution is -2.17. The highest BCUT2D eigenvalue weighted by Crippen LogP contribution is 2.29. The van der Waals surface area contributed by atoms with Crippen molar-refractivity contribution in [3.8, 4) is 0 Å². The van der Waals surface area contributed by atoms with Crippen LogP contribution in [-0.2, 0) is 41.6 Å². The molecule has 0 bridgehead atoms. The van der Waals surface area contributed by atoms with Crippen LogP contribution < -0.4 is 0 Å². The Kier molecular flexibility index (Phi) is 11.4. The van der Waals surface area contributed by atoms with Crippen LogP contribution in [-0.4, -0.2) is 79.5 Å². The zero-order valence-electron chi connectivity index (χ0n) is 28.6. The molecule has 0 saturated carbocycles. The quantitative estimate of drug-likeness (QED) is 0.0763. The number of H-pyrrole nitrogens is 1. The summed E-state index contributed by atoms with van der Waals surface area (Å²) in [5.74, 6) is -0.394. The number of ether oxygens (including phenoxy) is 6. The van der Waals surface area contributed by atoms with Gasteiger partial charge in [0.05, 0.1) is 86.4 Å². The molecule has 0 amide bonds. The van der Waals surface area contributed by atoms with Gasteiger partial charge in [0, 0.05) is 27.1 Å². The number of carbonyl (C=O) groups excluding carboxylic acids is 2. The fourth-order valence-corrected chi connectivity index (χ4v) is 6.17. The largest absolute Gasteiger partial charge is 0.460 e. The average Bonchev–Trinajstić information content (AvgIpc) is 3.73. The van der Waals surface area contributed by atoms with Crippen molar-refractivity contribution >= 4 is 55.7 Å². The minimum Gasteiger partial charge on any atom is -0.460 e. The molecule has 4 aromatic carbocycles. The van der Waals surface area contributed by atoms with E-state index in [1.54, 1.807) is 10.6 Å². The molecule has 7 aromatic rings. The highest BCUT2D eigenvalue weighted by atomic mass is 16.6. The van der Waals surface area contributed by atoms with Crippen molar-refractivity contribution in [2.45, 2.75) is 13.2 Å². The van der Waals surface area contributed by atoms with Gasteiger partial charge in [-0.25, -0.2) is 14.2 Å². The molecule has 0 atom stereocenters. The molecular weight excluding hydrogens is 662 g/mol. The van der Waals surface area contributed by atoms with Crippen molar-refractivity contribution in [2.75, 3.05) is 52.9 Å². The first kappa shape index (κ1) is 34.8. The minimum atomic E-state index is -0.436. The molecule has 0 unspecified atom stereocenters. The van der Waals surface area contributed by atoms with E-state index in [9.17, 15) is 9.59 Å². The molecule has 7 rings (SSSR count). The smallest absolute Gasteiger partial charge is 0.419 e. The Labute approximate surface area is 300 Å².